The molecule has 2 aromatic carbocycles. The van der Waals surface area contributed by atoms with Crippen LogP contribution >= 0.6 is 23.2 Å². The highest BCUT2D eigenvalue weighted by molar-refractivity contribution is 6.41. The van der Waals surface area contributed by atoms with Crippen LogP contribution in [0.15, 0.2) is 36.4 Å². The highest BCUT2D eigenvalue weighted by Crippen LogP contribution is 2.28. The van der Waals surface area contributed by atoms with Crippen molar-refractivity contribution in [3.8, 4) is 0 Å². The van der Waals surface area contributed by atoms with E-state index in [1.807, 2.05) is 26.0 Å². The SMILES string of the molecule is Cc1cccc(C(=O)c2c(Cl)cccc2Cl)c1C. The standard InChI is InChI=1S/C15H12Cl2O/c1-9-5-3-6-11(10(9)2)15(18)14-12(16)7-4-8-13(14)17/h3-8H,1-2H3. The van der Waals surface area contributed by atoms with Gasteiger partial charge in [0.15, 0.2) is 5.78 Å². The van der Waals surface area contributed by atoms with Crippen molar-refractivity contribution in [2.45, 2.75) is 13.8 Å². The Kier molecular flexibility index (Phi) is 3.74. The molecule has 0 fully saturated rings. The van der Waals surface area contributed by atoms with Crippen LogP contribution in [0.5, 0.6) is 0 Å². The number of rotatable bonds is 2. The van der Waals surface area contributed by atoms with Crippen molar-refractivity contribution in [3.63, 3.8) is 0 Å². The van der Waals surface area contributed by atoms with E-state index < -0.39 is 0 Å². The molecule has 0 aliphatic heterocycles. The smallest absolute Gasteiger partial charge is 0.196 e. The fourth-order valence-electron chi connectivity index (χ4n) is 1.85. The largest absolute Gasteiger partial charge is 0.288 e. The molecule has 0 aromatic heterocycles. The number of hydrogen-bond donors (Lipinski definition) is 0. The first-order valence-corrected chi connectivity index (χ1v) is 6.33. The Hall–Kier alpha value is -1.31. The Bertz CT molecular complexity index is 598. The van der Waals surface area contributed by atoms with Gasteiger partial charge in [-0.25, -0.2) is 0 Å². The van der Waals surface area contributed by atoms with Gasteiger partial charge in [-0.05, 0) is 37.1 Å². The Morgan fingerprint density at radius 2 is 1.50 bits per heavy atom. The molecule has 18 heavy (non-hydrogen) atoms. The summed E-state index contributed by atoms with van der Waals surface area (Å²) >= 11 is 12.1. The van der Waals surface area contributed by atoms with E-state index in [9.17, 15) is 4.79 Å². The number of benzene rings is 2. The van der Waals surface area contributed by atoms with Gasteiger partial charge in [-0.2, -0.15) is 0 Å². The topological polar surface area (TPSA) is 17.1 Å². The summed E-state index contributed by atoms with van der Waals surface area (Å²) in [5.74, 6) is -0.133. The van der Waals surface area contributed by atoms with Gasteiger partial charge in [0.25, 0.3) is 0 Å². The second-order valence-electron chi connectivity index (χ2n) is 4.17. The van der Waals surface area contributed by atoms with E-state index in [0.29, 0.717) is 21.2 Å². The van der Waals surface area contributed by atoms with Crippen molar-refractivity contribution < 1.29 is 4.79 Å². The maximum Gasteiger partial charge on any atom is 0.196 e. The van der Waals surface area contributed by atoms with Crippen LogP contribution in [-0.4, -0.2) is 5.78 Å². The van der Waals surface area contributed by atoms with Crippen LogP contribution in [0, 0.1) is 13.8 Å². The lowest BCUT2D eigenvalue weighted by Crippen LogP contribution is -2.06. The molecule has 0 bridgehead atoms. The van der Waals surface area contributed by atoms with E-state index in [-0.39, 0.29) is 5.78 Å². The van der Waals surface area contributed by atoms with Gasteiger partial charge in [-0.15, -0.1) is 0 Å². The predicted molar refractivity (Wildman–Crippen MR) is 75.8 cm³/mol. The highest BCUT2D eigenvalue weighted by Gasteiger charge is 2.18. The van der Waals surface area contributed by atoms with Gasteiger partial charge < -0.3 is 0 Å². The van der Waals surface area contributed by atoms with Crippen LogP contribution in [0.25, 0.3) is 0 Å². The zero-order chi connectivity index (χ0) is 13.3. The molecule has 2 rings (SSSR count). The summed E-state index contributed by atoms with van der Waals surface area (Å²) in [6.45, 7) is 3.90. The van der Waals surface area contributed by atoms with E-state index in [1.54, 1.807) is 24.3 Å². The molecule has 92 valence electrons. The molecule has 0 atom stereocenters. The fraction of sp³-hybridized carbons (Fsp3) is 0.133. The van der Waals surface area contributed by atoms with E-state index >= 15 is 0 Å². The van der Waals surface area contributed by atoms with Crippen LogP contribution in [-0.2, 0) is 0 Å². The zero-order valence-corrected chi connectivity index (χ0v) is 11.6. The molecule has 0 saturated heterocycles. The minimum absolute atomic E-state index is 0.133. The van der Waals surface area contributed by atoms with Gasteiger partial charge in [-0.3, -0.25) is 4.79 Å². The van der Waals surface area contributed by atoms with Crippen molar-refractivity contribution in [2.24, 2.45) is 0 Å². The molecule has 0 spiro atoms. The molecule has 0 N–H and O–H groups in total. The lowest BCUT2D eigenvalue weighted by Gasteiger charge is -2.10. The monoisotopic (exact) mass is 278 g/mol. The Morgan fingerprint density at radius 3 is 2.11 bits per heavy atom. The maximum atomic E-state index is 12.5. The van der Waals surface area contributed by atoms with E-state index in [0.717, 1.165) is 11.1 Å². The molecule has 0 radical (unpaired) electrons. The number of halogens is 2. The summed E-state index contributed by atoms with van der Waals surface area (Å²) < 4.78 is 0. The van der Waals surface area contributed by atoms with Crippen molar-refractivity contribution in [3.05, 3.63) is 68.7 Å². The molecule has 0 unspecified atom stereocenters. The fourth-order valence-corrected chi connectivity index (χ4v) is 2.42. The maximum absolute atomic E-state index is 12.5. The van der Waals surface area contributed by atoms with Crippen LogP contribution in [0.1, 0.15) is 27.0 Å². The first kappa shape index (κ1) is 13.1. The van der Waals surface area contributed by atoms with Gasteiger partial charge in [0.05, 0.1) is 15.6 Å². The molecular formula is C15H12Cl2O. The molecule has 3 heteroatoms. The van der Waals surface area contributed by atoms with Gasteiger partial charge in [0.2, 0.25) is 0 Å². The van der Waals surface area contributed by atoms with Crippen LogP contribution in [0.4, 0.5) is 0 Å². The first-order chi connectivity index (χ1) is 8.52. The second kappa shape index (κ2) is 5.13. The summed E-state index contributed by atoms with van der Waals surface area (Å²) in [5, 5.41) is 0.766. The third kappa shape index (κ3) is 2.29. The Balaban J connectivity index is 2.59. The lowest BCUT2D eigenvalue weighted by molar-refractivity contribution is 0.103. The summed E-state index contributed by atoms with van der Waals surface area (Å²) in [6, 6.07) is 10.7. The minimum atomic E-state index is -0.133. The van der Waals surface area contributed by atoms with Gasteiger partial charge >= 0.3 is 0 Å². The summed E-state index contributed by atoms with van der Waals surface area (Å²) in [7, 11) is 0. The van der Waals surface area contributed by atoms with Crippen LogP contribution in [0.3, 0.4) is 0 Å². The van der Waals surface area contributed by atoms with E-state index in [1.165, 1.54) is 0 Å². The highest BCUT2D eigenvalue weighted by atomic mass is 35.5. The van der Waals surface area contributed by atoms with Crippen LogP contribution < -0.4 is 0 Å². The molecular weight excluding hydrogens is 267 g/mol. The quantitative estimate of drug-likeness (QED) is 0.719. The Labute approximate surface area is 116 Å². The van der Waals surface area contributed by atoms with Crippen LogP contribution in [0.2, 0.25) is 10.0 Å². The summed E-state index contributed by atoms with van der Waals surface area (Å²) in [6.07, 6.45) is 0. The van der Waals surface area contributed by atoms with Gasteiger partial charge in [0.1, 0.15) is 0 Å². The molecule has 0 heterocycles. The molecule has 0 aliphatic rings. The minimum Gasteiger partial charge on any atom is -0.288 e. The third-order valence-electron chi connectivity index (χ3n) is 3.04. The van der Waals surface area contributed by atoms with Gasteiger partial charge in [0, 0.05) is 5.56 Å². The normalized spacial score (nSPS) is 10.4. The van der Waals surface area contributed by atoms with Crippen molar-refractivity contribution >= 4 is 29.0 Å². The third-order valence-corrected chi connectivity index (χ3v) is 3.67. The predicted octanol–water partition coefficient (Wildman–Crippen LogP) is 4.84. The number of hydrogen-bond acceptors (Lipinski definition) is 1. The number of carbonyl (C=O) groups is 1. The molecule has 1 nitrogen and oxygen atoms in total. The first-order valence-electron chi connectivity index (χ1n) is 5.57. The average molecular weight is 279 g/mol. The average Bonchev–Trinajstić information content (AvgIpc) is 2.32. The number of carbonyl (C=O) groups excluding carboxylic acids is 1. The summed E-state index contributed by atoms with van der Waals surface area (Å²) in [4.78, 5) is 12.5. The van der Waals surface area contributed by atoms with Crippen molar-refractivity contribution in [1.29, 1.82) is 0 Å². The summed E-state index contributed by atoms with van der Waals surface area (Å²) in [5.41, 5.74) is 3.04. The lowest BCUT2D eigenvalue weighted by atomic mass is 9.96. The van der Waals surface area contributed by atoms with E-state index in [2.05, 4.69) is 0 Å². The van der Waals surface area contributed by atoms with Crippen molar-refractivity contribution in [1.82, 2.24) is 0 Å². The molecule has 0 amide bonds. The van der Waals surface area contributed by atoms with Gasteiger partial charge in [-0.1, -0.05) is 47.5 Å². The Morgan fingerprint density at radius 1 is 0.944 bits per heavy atom. The molecule has 2 aromatic rings. The van der Waals surface area contributed by atoms with E-state index in [4.69, 9.17) is 23.2 Å². The zero-order valence-electron chi connectivity index (χ0n) is 10.1. The van der Waals surface area contributed by atoms with Crippen molar-refractivity contribution in [2.75, 3.05) is 0 Å². The number of aryl methyl sites for hydroxylation is 1. The number of ketones is 1. The molecule has 0 aliphatic carbocycles. The second-order valence-corrected chi connectivity index (χ2v) is 4.99. The molecule has 0 saturated carbocycles.